The van der Waals surface area contributed by atoms with Gasteiger partial charge in [0.25, 0.3) is 0 Å². The molecule has 1 fully saturated rings. The molecule has 0 bridgehead atoms. The van der Waals surface area contributed by atoms with Gasteiger partial charge in [-0.2, -0.15) is 11.8 Å². The summed E-state index contributed by atoms with van der Waals surface area (Å²) in [6, 6.07) is 0.270. The lowest BCUT2D eigenvalue weighted by Gasteiger charge is -2.17. The van der Waals surface area contributed by atoms with Gasteiger partial charge < -0.3 is 10.5 Å². The maximum absolute atomic E-state index is 5.98. The van der Waals surface area contributed by atoms with Crippen LogP contribution < -0.4 is 5.73 Å². The maximum Gasteiger partial charge on any atom is 0.0620 e. The molecule has 1 rings (SSSR count). The highest BCUT2D eigenvalue weighted by atomic mass is 32.2. The second kappa shape index (κ2) is 5.84. The molecule has 1 aliphatic rings. The topological polar surface area (TPSA) is 35.2 Å². The average molecular weight is 189 g/mol. The highest BCUT2D eigenvalue weighted by Crippen LogP contribution is 2.25. The summed E-state index contributed by atoms with van der Waals surface area (Å²) in [5, 5.41) is 0. The quantitative estimate of drug-likeness (QED) is 0.666. The lowest BCUT2D eigenvalue weighted by molar-refractivity contribution is 0.109. The maximum atomic E-state index is 5.98. The van der Waals surface area contributed by atoms with Gasteiger partial charge >= 0.3 is 0 Å². The number of nitrogens with two attached hydrogens (primary N) is 1. The molecule has 2 atom stereocenters. The zero-order valence-corrected chi connectivity index (χ0v) is 8.61. The molecule has 0 amide bonds. The van der Waals surface area contributed by atoms with Crippen molar-refractivity contribution in [3.05, 3.63) is 0 Å². The van der Waals surface area contributed by atoms with Crippen molar-refractivity contribution in [3.8, 4) is 0 Å². The molecule has 0 aromatic rings. The molecule has 12 heavy (non-hydrogen) atoms. The van der Waals surface area contributed by atoms with Gasteiger partial charge in [-0.1, -0.05) is 6.92 Å². The molecule has 0 spiro atoms. The Morgan fingerprint density at radius 1 is 1.67 bits per heavy atom. The number of rotatable bonds is 5. The molecule has 2 N–H and O–H groups in total. The summed E-state index contributed by atoms with van der Waals surface area (Å²) < 4.78 is 5.42. The molecular weight excluding hydrogens is 170 g/mol. The van der Waals surface area contributed by atoms with Crippen LogP contribution in [0.15, 0.2) is 0 Å². The van der Waals surface area contributed by atoms with Crippen LogP contribution in [-0.2, 0) is 4.74 Å². The van der Waals surface area contributed by atoms with E-state index in [1.54, 1.807) is 0 Å². The van der Waals surface area contributed by atoms with Crippen molar-refractivity contribution in [1.82, 2.24) is 0 Å². The van der Waals surface area contributed by atoms with Crippen LogP contribution >= 0.6 is 11.8 Å². The number of hydrogen-bond acceptors (Lipinski definition) is 3. The molecule has 1 aliphatic heterocycles. The molecule has 0 saturated carbocycles. The molecule has 1 heterocycles. The second-order valence-electron chi connectivity index (χ2n) is 3.36. The summed E-state index contributed by atoms with van der Waals surface area (Å²) in [5.74, 6) is 3.22. The first-order valence-electron chi connectivity index (χ1n) is 4.75. The van der Waals surface area contributed by atoms with Gasteiger partial charge in [0.2, 0.25) is 0 Å². The molecule has 2 unspecified atom stereocenters. The predicted molar refractivity (Wildman–Crippen MR) is 54.5 cm³/mol. The highest BCUT2D eigenvalue weighted by Gasteiger charge is 2.22. The van der Waals surface area contributed by atoms with Gasteiger partial charge in [0.15, 0.2) is 0 Å². The smallest absolute Gasteiger partial charge is 0.0620 e. The Kier molecular flexibility index (Phi) is 5.04. The zero-order chi connectivity index (χ0) is 8.81. The lowest BCUT2D eigenvalue weighted by Crippen LogP contribution is -2.34. The fourth-order valence-electron chi connectivity index (χ4n) is 1.39. The number of ether oxygens (including phenoxy) is 1. The summed E-state index contributed by atoms with van der Waals surface area (Å²) in [6.45, 7) is 3.73. The molecule has 3 heteroatoms. The van der Waals surface area contributed by atoms with Gasteiger partial charge in [-0.05, 0) is 30.3 Å². The van der Waals surface area contributed by atoms with Gasteiger partial charge in [0.1, 0.15) is 0 Å². The Hall–Kier alpha value is 0.270. The molecule has 0 radical (unpaired) electrons. The van der Waals surface area contributed by atoms with E-state index in [0.717, 1.165) is 19.6 Å². The Morgan fingerprint density at radius 2 is 2.50 bits per heavy atom. The third-order valence-corrected chi connectivity index (χ3v) is 3.42. The fourth-order valence-corrected chi connectivity index (χ4v) is 2.74. The SMILES string of the molecule is CCCOCC(N)C1CCSC1. The number of hydrogen-bond donors (Lipinski definition) is 1. The largest absolute Gasteiger partial charge is 0.380 e. The van der Waals surface area contributed by atoms with Crippen molar-refractivity contribution in [2.24, 2.45) is 11.7 Å². The normalized spacial score (nSPS) is 26.0. The van der Waals surface area contributed by atoms with Gasteiger partial charge in [0, 0.05) is 12.6 Å². The third kappa shape index (κ3) is 3.33. The van der Waals surface area contributed by atoms with Gasteiger partial charge in [0.05, 0.1) is 6.61 Å². The molecule has 1 saturated heterocycles. The summed E-state index contributed by atoms with van der Waals surface area (Å²) in [4.78, 5) is 0. The van der Waals surface area contributed by atoms with E-state index in [1.165, 1.54) is 17.9 Å². The van der Waals surface area contributed by atoms with Crippen molar-refractivity contribution in [2.75, 3.05) is 24.7 Å². The van der Waals surface area contributed by atoms with Crippen LogP contribution in [0.25, 0.3) is 0 Å². The second-order valence-corrected chi connectivity index (χ2v) is 4.51. The zero-order valence-electron chi connectivity index (χ0n) is 7.79. The number of thioether (sulfide) groups is 1. The minimum Gasteiger partial charge on any atom is -0.380 e. The first kappa shape index (κ1) is 10.4. The summed E-state index contributed by atoms with van der Waals surface area (Å²) >= 11 is 2.01. The van der Waals surface area contributed by atoms with Crippen molar-refractivity contribution in [3.63, 3.8) is 0 Å². The van der Waals surface area contributed by atoms with Crippen LogP contribution in [0.1, 0.15) is 19.8 Å². The first-order valence-corrected chi connectivity index (χ1v) is 5.91. The Balaban J connectivity index is 2.05. The third-order valence-electron chi connectivity index (χ3n) is 2.23. The van der Waals surface area contributed by atoms with Gasteiger partial charge in [-0.3, -0.25) is 0 Å². The van der Waals surface area contributed by atoms with E-state index in [1.807, 2.05) is 11.8 Å². The Bertz CT molecular complexity index is 115. The standard InChI is InChI=1S/C9H19NOS/c1-2-4-11-6-9(10)8-3-5-12-7-8/h8-9H,2-7,10H2,1H3. The van der Waals surface area contributed by atoms with Crippen LogP contribution in [0.3, 0.4) is 0 Å². The highest BCUT2D eigenvalue weighted by molar-refractivity contribution is 7.99. The Labute approximate surface area is 79.2 Å². The summed E-state index contributed by atoms with van der Waals surface area (Å²) in [7, 11) is 0. The van der Waals surface area contributed by atoms with Crippen LogP contribution in [-0.4, -0.2) is 30.8 Å². The summed E-state index contributed by atoms with van der Waals surface area (Å²) in [6.07, 6.45) is 2.37. The first-order chi connectivity index (χ1) is 5.84. The van der Waals surface area contributed by atoms with Crippen molar-refractivity contribution in [2.45, 2.75) is 25.8 Å². The van der Waals surface area contributed by atoms with Crippen molar-refractivity contribution >= 4 is 11.8 Å². The molecule has 2 nitrogen and oxygen atoms in total. The van der Waals surface area contributed by atoms with Crippen LogP contribution in [0, 0.1) is 5.92 Å². The Morgan fingerprint density at radius 3 is 3.08 bits per heavy atom. The molecule has 0 aliphatic carbocycles. The molecule has 72 valence electrons. The monoisotopic (exact) mass is 189 g/mol. The van der Waals surface area contributed by atoms with E-state index >= 15 is 0 Å². The van der Waals surface area contributed by atoms with E-state index in [9.17, 15) is 0 Å². The van der Waals surface area contributed by atoms with E-state index in [4.69, 9.17) is 10.5 Å². The van der Waals surface area contributed by atoms with E-state index in [2.05, 4.69) is 6.92 Å². The van der Waals surface area contributed by atoms with Crippen LogP contribution in [0.5, 0.6) is 0 Å². The molecule has 0 aromatic carbocycles. The minimum absolute atomic E-state index is 0.270. The lowest BCUT2D eigenvalue weighted by atomic mass is 10.0. The predicted octanol–water partition coefficient (Wildman–Crippen LogP) is 1.49. The van der Waals surface area contributed by atoms with Crippen LogP contribution in [0.2, 0.25) is 0 Å². The minimum atomic E-state index is 0.270. The van der Waals surface area contributed by atoms with E-state index in [0.29, 0.717) is 5.92 Å². The fraction of sp³-hybridized carbons (Fsp3) is 1.00. The molecular formula is C9H19NOS. The van der Waals surface area contributed by atoms with Crippen molar-refractivity contribution < 1.29 is 4.74 Å². The summed E-state index contributed by atoms with van der Waals surface area (Å²) in [5.41, 5.74) is 5.98. The average Bonchev–Trinajstić information content (AvgIpc) is 2.56. The van der Waals surface area contributed by atoms with Gasteiger partial charge in [-0.15, -0.1) is 0 Å². The van der Waals surface area contributed by atoms with Crippen LogP contribution in [0.4, 0.5) is 0 Å². The van der Waals surface area contributed by atoms with E-state index in [-0.39, 0.29) is 6.04 Å². The molecule has 0 aromatic heterocycles. The van der Waals surface area contributed by atoms with Crippen molar-refractivity contribution in [1.29, 1.82) is 0 Å². The van der Waals surface area contributed by atoms with E-state index < -0.39 is 0 Å². The van der Waals surface area contributed by atoms with Gasteiger partial charge in [-0.25, -0.2) is 0 Å².